The average molecular weight is 379 g/mol. The molecule has 0 unspecified atom stereocenters. The van der Waals surface area contributed by atoms with Gasteiger partial charge in [-0.1, -0.05) is 11.1 Å². The van der Waals surface area contributed by atoms with Gasteiger partial charge in [0.1, 0.15) is 24.4 Å². The summed E-state index contributed by atoms with van der Waals surface area (Å²) in [6.07, 6.45) is 2.06. The monoisotopic (exact) mass is 379 g/mol. The highest BCUT2D eigenvalue weighted by Crippen LogP contribution is 2.27. The lowest BCUT2D eigenvalue weighted by molar-refractivity contribution is -0.254. The third kappa shape index (κ3) is 4.30. The molecule has 0 aliphatic carbocycles. The molecule has 0 saturated carbocycles. The number of aromatic nitrogens is 6. The van der Waals surface area contributed by atoms with Crippen molar-refractivity contribution < 1.29 is 25.2 Å². The lowest BCUT2D eigenvalue weighted by Gasteiger charge is -2.39. The first-order valence-electron chi connectivity index (χ1n) is 8.25. The highest BCUT2D eigenvalue weighted by Gasteiger charge is 2.44. The Hall–Kier alpha value is -2.40. The Morgan fingerprint density at radius 1 is 1.22 bits per heavy atom. The summed E-state index contributed by atoms with van der Waals surface area (Å²) >= 11 is 0. The molecule has 5 N–H and O–H groups in total. The number of rotatable bonds is 7. The van der Waals surface area contributed by atoms with E-state index in [1.54, 1.807) is 12.4 Å². The standard InChI is InChI=1S/C15H21N7O5/c1-2-3-21(5-9-4-16-19-17-9)6-10-7-22(20-18-10)15-14(26)13(25)12(24)11(8-23)27-15/h1,4,7,11-15,23-26H,3,5-6,8H2,(H,16,17,19)/t11-,12-,13+,14+,15+/m1/s1. The number of aromatic amines is 1. The lowest BCUT2D eigenvalue weighted by Crippen LogP contribution is -2.56. The molecule has 12 heteroatoms. The van der Waals surface area contributed by atoms with Gasteiger partial charge in [0.15, 0.2) is 6.23 Å². The van der Waals surface area contributed by atoms with E-state index >= 15 is 0 Å². The van der Waals surface area contributed by atoms with Crippen molar-refractivity contribution in [3.63, 3.8) is 0 Å². The van der Waals surface area contributed by atoms with Crippen LogP contribution in [0.4, 0.5) is 0 Å². The Bertz CT molecular complexity index is 759. The topological polar surface area (TPSA) is 166 Å². The Labute approximate surface area is 154 Å². The van der Waals surface area contributed by atoms with E-state index in [1.807, 2.05) is 4.90 Å². The van der Waals surface area contributed by atoms with Gasteiger partial charge in [-0.15, -0.1) is 11.5 Å². The highest BCUT2D eigenvalue weighted by atomic mass is 16.6. The van der Waals surface area contributed by atoms with Gasteiger partial charge in [-0.2, -0.15) is 15.4 Å². The van der Waals surface area contributed by atoms with Gasteiger partial charge in [0.25, 0.3) is 0 Å². The fourth-order valence-electron chi connectivity index (χ4n) is 2.87. The molecular weight excluding hydrogens is 358 g/mol. The molecule has 1 aliphatic heterocycles. The lowest BCUT2D eigenvalue weighted by atomic mass is 9.98. The molecule has 0 bridgehead atoms. The maximum atomic E-state index is 10.2. The molecular formula is C15H21N7O5. The minimum absolute atomic E-state index is 0.347. The zero-order chi connectivity index (χ0) is 19.4. The van der Waals surface area contributed by atoms with Crippen LogP contribution < -0.4 is 0 Å². The molecule has 3 rings (SSSR count). The second-order valence-corrected chi connectivity index (χ2v) is 6.22. The zero-order valence-corrected chi connectivity index (χ0v) is 14.3. The van der Waals surface area contributed by atoms with Crippen molar-refractivity contribution in [2.45, 2.75) is 43.7 Å². The molecule has 146 valence electrons. The van der Waals surface area contributed by atoms with Crippen molar-refractivity contribution >= 4 is 0 Å². The van der Waals surface area contributed by atoms with Crippen LogP contribution in [0.1, 0.15) is 17.6 Å². The van der Waals surface area contributed by atoms with E-state index in [0.717, 1.165) is 0 Å². The summed E-state index contributed by atoms with van der Waals surface area (Å²) in [7, 11) is 0. The smallest absolute Gasteiger partial charge is 0.180 e. The molecule has 2 aromatic heterocycles. The van der Waals surface area contributed by atoms with Crippen molar-refractivity contribution in [2.75, 3.05) is 13.2 Å². The number of nitrogens with one attached hydrogen (secondary N) is 1. The van der Waals surface area contributed by atoms with E-state index in [9.17, 15) is 20.4 Å². The largest absolute Gasteiger partial charge is 0.394 e. The molecule has 0 spiro atoms. The maximum absolute atomic E-state index is 10.2. The van der Waals surface area contributed by atoms with Gasteiger partial charge >= 0.3 is 0 Å². The Balaban J connectivity index is 1.70. The normalized spacial score (nSPS) is 28.4. The van der Waals surface area contributed by atoms with Gasteiger partial charge in [0, 0.05) is 13.1 Å². The predicted octanol–water partition coefficient (Wildman–Crippen LogP) is -3.00. The van der Waals surface area contributed by atoms with E-state index < -0.39 is 37.3 Å². The summed E-state index contributed by atoms with van der Waals surface area (Å²) < 4.78 is 6.69. The van der Waals surface area contributed by atoms with Crippen LogP contribution in [-0.4, -0.2) is 93.3 Å². The third-order valence-electron chi connectivity index (χ3n) is 4.24. The van der Waals surface area contributed by atoms with Gasteiger partial charge < -0.3 is 25.2 Å². The Morgan fingerprint density at radius 2 is 2.00 bits per heavy atom. The van der Waals surface area contributed by atoms with Crippen LogP contribution in [0, 0.1) is 12.3 Å². The number of aliphatic hydroxyl groups is 4. The summed E-state index contributed by atoms with van der Waals surface area (Å²) in [5.74, 6) is 2.56. The number of terminal acetylenes is 1. The summed E-state index contributed by atoms with van der Waals surface area (Å²) in [6, 6.07) is 0. The van der Waals surface area contributed by atoms with Crippen LogP contribution in [0.2, 0.25) is 0 Å². The predicted molar refractivity (Wildman–Crippen MR) is 88.4 cm³/mol. The second kappa shape index (κ2) is 8.53. The Kier molecular flexibility index (Phi) is 6.11. The van der Waals surface area contributed by atoms with Gasteiger partial charge in [0.2, 0.25) is 0 Å². The number of hydrogen-bond acceptors (Lipinski definition) is 10. The van der Waals surface area contributed by atoms with Gasteiger partial charge in [-0.05, 0) is 0 Å². The molecule has 0 radical (unpaired) electrons. The van der Waals surface area contributed by atoms with E-state index in [0.29, 0.717) is 31.0 Å². The number of aliphatic hydroxyl groups excluding tert-OH is 4. The van der Waals surface area contributed by atoms with Crippen LogP contribution in [0.25, 0.3) is 0 Å². The minimum atomic E-state index is -1.49. The average Bonchev–Trinajstić information content (AvgIpc) is 3.32. The summed E-state index contributed by atoms with van der Waals surface area (Å²) in [4.78, 5) is 1.89. The van der Waals surface area contributed by atoms with Crippen molar-refractivity contribution in [2.24, 2.45) is 0 Å². The van der Waals surface area contributed by atoms with Crippen LogP contribution in [-0.2, 0) is 17.8 Å². The fraction of sp³-hybridized carbons (Fsp3) is 0.600. The van der Waals surface area contributed by atoms with E-state index in [-0.39, 0.29) is 0 Å². The minimum Gasteiger partial charge on any atom is -0.394 e. The van der Waals surface area contributed by atoms with Crippen molar-refractivity contribution in [3.8, 4) is 12.3 Å². The molecule has 1 fully saturated rings. The third-order valence-corrected chi connectivity index (χ3v) is 4.24. The van der Waals surface area contributed by atoms with Crippen LogP contribution in [0.15, 0.2) is 12.4 Å². The molecule has 1 aliphatic rings. The van der Waals surface area contributed by atoms with Crippen molar-refractivity contribution in [3.05, 3.63) is 23.8 Å². The summed E-state index contributed by atoms with van der Waals surface area (Å²) in [5.41, 5.74) is 1.26. The second-order valence-electron chi connectivity index (χ2n) is 6.22. The van der Waals surface area contributed by atoms with Crippen LogP contribution >= 0.6 is 0 Å². The molecule has 2 aromatic rings. The SMILES string of the molecule is C#CCN(Cc1cn([C@H]2O[C@H](CO)[C@@H](O)[C@H](O)[C@@H]2O)nn1)Cc1cn[nH]n1. The summed E-state index contributed by atoms with van der Waals surface area (Å²) in [5, 5.41) is 57.4. The number of H-pyrrole nitrogens is 1. The zero-order valence-electron chi connectivity index (χ0n) is 14.3. The van der Waals surface area contributed by atoms with E-state index in [2.05, 4.69) is 31.6 Å². The molecule has 27 heavy (non-hydrogen) atoms. The molecule has 12 nitrogen and oxygen atoms in total. The molecule has 0 amide bonds. The first-order valence-corrected chi connectivity index (χ1v) is 8.25. The van der Waals surface area contributed by atoms with Gasteiger partial charge in [-0.25, -0.2) is 4.68 Å². The van der Waals surface area contributed by atoms with Crippen LogP contribution in [0.5, 0.6) is 0 Å². The quantitative estimate of drug-likeness (QED) is 0.313. The summed E-state index contributed by atoms with van der Waals surface area (Å²) in [6.45, 7) is 0.637. The van der Waals surface area contributed by atoms with E-state index in [4.69, 9.17) is 11.2 Å². The molecule has 3 heterocycles. The van der Waals surface area contributed by atoms with Gasteiger partial charge in [0.05, 0.1) is 36.9 Å². The number of ether oxygens (including phenoxy) is 1. The van der Waals surface area contributed by atoms with Crippen LogP contribution in [0.3, 0.4) is 0 Å². The first-order chi connectivity index (χ1) is 13.0. The number of hydrogen-bond donors (Lipinski definition) is 5. The Morgan fingerprint density at radius 3 is 2.67 bits per heavy atom. The van der Waals surface area contributed by atoms with Crippen molar-refractivity contribution in [1.29, 1.82) is 0 Å². The highest BCUT2D eigenvalue weighted by molar-refractivity contribution is 5.00. The van der Waals surface area contributed by atoms with Gasteiger partial charge in [-0.3, -0.25) is 4.90 Å². The molecule has 0 aromatic carbocycles. The van der Waals surface area contributed by atoms with Crippen molar-refractivity contribution in [1.82, 2.24) is 35.3 Å². The maximum Gasteiger partial charge on any atom is 0.180 e. The number of nitrogens with zero attached hydrogens (tertiary/aromatic N) is 6. The molecule has 1 saturated heterocycles. The first kappa shape index (κ1) is 19.4. The fourth-order valence-corrected chi connectivity index (χ4v) is 2.87. The van der Waals surface area contributed by atoms with E-state index in [1.165, 1.54) is 4.68 Å². The molecule has 5 atom stereocenters.